The Morgan fingerprint density at radius 2 is 1.85 bits per heavy atom. The van der Waals surface area contributed by atoms with Crippen LogP contribution in [-0.4, -0.2) is 41.3 Å². The van der Waals surface area contributed by atoms with Gasteiger partial charge < -0.3 is 19.7 Å². The molecule has 1 heterocycles. The lowest BCUT2D eigenvalue weighted by molar-refractivity contribution is 0.0147. The highest BCUT2D eigenvalue weighted by molar-refractivity contribution is 5.69. The lowest BCUT2D eigenvalue weighted by Crippen LogP contribution is -2.56. The molecule has 148 valence electrons. The van der Waals surface area contributed by atoms with E-state index in [0.29, 0.717) is 32.4 Å². The Bertz CT molecular complexity index is 644. The number of piperidine rings is 1. The number of carbonyl (C=O) groups is 2. The van der Waals surface area contributed by atoms with Crippen molar-refractivity contribution < 1.29 is 19.1 Å². The number of benzene rings is 1. The van der Waals surface area contributed by atoms with Gasteiger partial charge in [0.25, 0.3) is 0 Å². The van der Waals surface area contributed by atoms with Crippen LogP contribution in [0.4, 0.5) is 9.59 Å². The molecule has 0 atom stereocenters. The standard InChI is InChI=1S/C21H30N2O4/c1-5-11-21(22-18(24)26-16-17-9-7-6-8-10-17)12-14-23(15-13-21)19(25)27-20(2,3)4/h5-10H,1,11-16H2,2-4H3,(H,22,24). The van der Waals surface area contributed by atoms with Crippen LogP contribution in [-0.2, 0) is 16.1 Å². The Balaban J connectivity index is 1.89. The normalized spacial score (nSPS) is 16.3. The van der Waals surface area contributed by atoms with Gasteiger partial charge in [0, 0.05) is 13.1 Å². The van der Waals surface area contributed by atoms with E-state index in [1.54, 1.807) is 11.0 Å². The number of amides is 2. The quantitative estimate of drug-likeness (QED) is 0.782. The molecule has 6 heteroatoms. The first-order valence-corrected chi connectivity index (χ1v) is 9.31. The summed E-state index contributed by atoms with van der Waals surface area (Å²) in [6, 6.07) is 9.55. The first-order chi connectivity index (χ1) is 12.7. The van der Waals surface area contributed by atoms with Crippen LogP contribution in [0.2, 0.25) is 0 Å². The maximum Gasteiger partial charge on any atom is 0.410 e. The number of alkyl carbamates (subject to hydrolysis) is 1. The monoisotopic (exact) mass is 374 g/mol. The molecule has 2 rings (SSSR count). The zero-order valence-corrected chi connectivity index (χ0v) is 16.5. The molecular formula is C21H30N2O4. The third-order valence-corrected chi connectivity index (χ3v) is 4.49. The average molecular weight is 374 g/mol. The number of nitrogens with zero attached hydrogens (tertiary/aromatic N) is 1. The van der Waals surface area contributed by atoms with Crippen molar-refractivity contribution in [3.63, 3.8) is 0 Å². The summed E-state index contributed by atoms with van der Waals surface area (Å²) in [6.07, 6.45) is 2.89. The molecule has 1 aromatic carbocycles. The van der Waals surface area contributed by atoms with Crippen molar-refractivity contribution in [3.8, 4) is 0 Å². The predicted octanol–water partition coefficient (Wildman–Crippen LogP) is 4.26. The SMILES string of the molecule is C=CCC1(NC(=O)OCc2ccccc2)CCN(C(=O)OC(C)(C)C)CC1. The Morgan fingerprint density at radius 1 is 1.22 bits per heavy atom. The van der Waals surface area contributed by atoms with Crippen molar-refractivity contribution in [2.24, 2.45) is 0 Å². The molecule has 1 saturated heterocycles. The Hall–Kier alpha value is -2.50. The molecular weight excluding hydrogens is 344 g/mol. The first-order valence-electron chi connectivity index (χ1n) is 9.31. The first kappa shape index (κ1) is 20.8. The molecule has 1 aliphatic rings. The molecule has 6 nitrogen and oxygen atoms in total. The molecule has 2 amide bonds. The van der Waals surface area contributed by atoms with Crippen molar-refractivity contribution in [1.29, 1.82) is 0 Å². The highest BCUT2D eigenvalue weighted by Gasteiger charge is 2.37. The molecule has 27 heavy (non-hydrogen) atoms. The molecule has 0 saturated carbocycles. The topological polar surface area (TPSA) is 67.9 Å². The van der Waals surface area contributed by atoms with E-state index in [1.165, 1.54) is 0 Å². The van der Waals surface area contributed by atoms with Crippen LogP contribution in [0.1, 0.15) is 45.6 Å². The zero-order valence-electron chi connectivity index (χ0n) is 16.5. The van der Waals surface area contributed by atoms with Crippen molar-refractivity contribution in [3.05, 3.63) is 48.6 Å². The third-order valence-electron chi connectivity index (χ3n) is 4.49. The van der Waals surface area contributed by atoms with Gasteiger partial charge >= 0.3 is 12.2 Å². The summed E-state index contributed by atoms with van der Waals surface area (Å²) in [4.78, 5) is 26.2. The molecule has 1 aromatic rings. The average Bonchev–Trinajstić information content (AvgIpc) is 2.60. The number of hydrogen-bond acceptors (Lipinski definition) is 4. The molecule has 1 N–H and O–H groups in total. The van der Waals surface area contributed by atoms with Crippen molar-refractivity contribution in [2.45, 2.75) is 57.8 Å². The van der Waals surface area contributed by atoms with Crippen LogP contribution < -0.4 is 5.32 Å². The van der Waals surface area contributed by atoms with E-state index in [1.807, 2.05) is 51.1 Å². The zero-order chi connectivity index (χ0) is 19.9. The highest BCUT2D eigenvalue weighted by Crippen LogP contribution is 2.27. The fourth-order valence-electron chi connectivity index (χ4n) is 3.08. The number of likely N-dealkylation sites (tertiary alicyclic amines) is 1. The second-order valence-electron chi connectivity index (χ2n) is 7.93. The fraction of sp³-hybridized carbons (Fsp3) is 0.524. The second kappa shape index (κ2) is 8.93. The number of rotatable bonds is 5. The summed E-state index contributed by atoms with van der Waals surface area (Å²) in [5.41, 5.74) is -0.0366. The van der Waals surface area contributed by atoms with Gasteiger partial charge in [0.1, 0.15) is 12.2 Å². The Labute approximate surface area is 161 Å². The summed E-state index contributed by atoms with van der Waals surface area (Å²) >= 11 is 0. The van der Waals surface area contributed by atoms with Crippen LogP contribution in [0.25, 0.3) is 0 Å². The van der Waals surface area contributed by atoms with E-state index in [0.717, 1.165) is 5.56 Å². The molecule has 0 bridgehead atoms. The van der Waals surface area contributed by atoms with Crippen LogP contribution >= 0.6 is 0 Å². The fourth-order valence-corrected chi connectivity index (χ4v) is 3.08. The Kier molecular flexibility index (Phi) is 6.88. The van der Waals surface area contributed by atoms with E-state index < -0.39 is 17.2 Å². The van der Waals surface area contributed by atoms with Crippen LogP contribution in [0, 0.1) is 0 Å². The van der Waals surface area contributed by atoms with Gasteiger partial charge in [-0.1, -0.05) is 36.4 Å². The second-order valence-corrected chi connectivity index (χ2v) is 7.93. The summed E-state index contributed by atoms with van der Waals surface area (Å²) < 4.78 is 10.8. The van der Waals surface area contributed by atoms with Crippen molar-refractivity contribution >= 4 is 12.2 Å². The minimum Gasteiger partial charge on any atom is -0.445 e. The van der Waals surface area contributed by atoms with E-state index in [-0.39, 0.29) is 12.7 Å². The number of nitrogens with one attached hydrogen (secondary N) is 1. The predicted molar refractivity (Wildman–Crippen MR) is 104 cm³/mol. The lowest BCUT2D eigenvalue weighted by Gasteiger charge is -2.41. The molecule has 1 aliphatic heterocycles. The molecule has 0 radical (unpaired) electrons. The lowest BCUT2D eigenvalue weighted by atomic mass is 9.84. The molecule has 0 spiro atoms. The highest BCUT2D eigenvalue weighted by atomic mass is 16.6. The molecule has 0 aromatic heterocycles. The van der Waals surface area contributed by atoms with Crippen LogP contribution in [0.3, 0.4) is 0 Å². The summed E-state index contributed by atoms with van der Waals surface area (Å²) in [5.74, 6) is 0. The minimum absolute atomic E-state index is 0.223. The van der Waals surface area contributed by atoms with Crippen LogP contribution in [0.15, 0.2) is 43.0 Å². The van der Waals surface area contributed by atoms with Gasteiger partial charge in [-0.3, -0.25) is 0 Å². The van der Waals surface area contributed by atoms with Gasteiger partial charge in [-0.05, 0) is 45.6 Å². The minimum atomic E-state index is -0.522. The number of ether oxygens (including phenoxy) is 2. The maximum atomic E-state index is 12.3. The van der Waals surface area contributed by atoms with Gasteiger partial charge in [0.15, 0.2) is 0 Å². The summed E-state index contributed by atoms with van der Waals surface area (Å²) in [7, 11) is 0. The number of hydrogen-bond donors (Lipinski definition) is 1. The smallest absolute Gasteiger partial charge is 0.410 e. The summed E-state index contributed by atoms with van der Waals surface area (Å²) in [5, 5.41) is 3.00. The van der Waals surface area contributed by atoms with Gasteiger partial charge in [0.05, 0.1) is 5.54 Å². The van der Waals surface area contributed by atoms with E-state index in [4.69, 9.17) is 9.47 Å². The summed E-state index contributed by atoms with van der Waals surface area (Å²) in [6.45, 7) is 10.6. The van der Waals surface area contributed by atoms with E-state index >= 15 is 0 Å². The largest absolute Gasteiger partial charge is 0.445 e. The number of carbonyl (C=O) groups excluding carboxylic acids is 2. The van der Waals surface area contributed by atoms with Gasteiger partial charge in [0.2, 0.25) is 0 Å². The van der Waals surface area contributed by atoms with E-state index in [2.05, 4.69) is 11.9 Å². The van der Waals surface area contributed by atoms with Crippen molar-refractivity contribution in [2.75, 3.05) is 13.1 Å². The Morgan fingerprint density at radius 3 is 2.41 bits per heavy atom. The van der Waals surface area contributed by atoms with Crippen LogP contribution in [0.5, 0.6) is 0 Å². The molecule has 1 fully saturated rings. The van der Waals surface area contributed by atoms with Crippen molar-refractivity contribution in [1.82, 2.24) is 10.2 Å². The third kappa shape index (κ3) is 6.62. The van der Waals surface area contributed by atoms with Gasteiger partial charge in [-0.25, -0.2) is 9.59 Å². The van der Waals surface area contributed by atoms with Gasteiger partial charge in [-0.15, -0.1) is 6.58 Å². The maximum absolute atomic E-state index is 12.3. The molecule has 0 unspecified atom stereocenters. The van der Waals surface area contributed by atoms with Gasteiger partial charge in [-0.2, -0.15) is 0 Å². The van der Waals surface area contributed by atoms with E-state index in [9.17, 15) is 9.59 Å². The molecule has 0 aliphatic carbocycles.